The molecule has 0 aliphatic rings. The minimum Gasteiger partial charge on any atom is -0.495 e. The molecule has 0 aliphatic heterocycles. The van der Waals surface area contributed by atoms with E-state index in [4.69, 9.17) is 27.9 Å². The summed E-state index contributed by atoms with van der Waals surface area (Å²) in [6.45, 7) is 1.44. The molecule has 0 aromatic heterocycles. The maximum absolute atomic E-state index is 12.3. The molecule has 2 aromatic rings. The van der Waals surface area contributed by atoms with Crippen LogP contribution >= 0.6 is 23.2 Å². The molecule has 0 spiro atoms. The second-order valence-corrected chi connectivity index (χ2v) is 7.69. The molecule has 0 unspecified atom stereocenters. The average molecular weight is 403 g/mol. The van der Waals surface area contributed by atoms with Gasteiger partial charge in [0.25, 0.3) is 0 Å². The number of benzene rings is 2. The molecule has 0 aliphatic carbocycles. The van der Waals surface area contributed by atoms with Gasteiger partial charge in [-0.3, -0.25) is 4.79 Å². The van der Waals surface area contributed by atoms with Crippen molar-refractivity contribution in [3.8, 4) is 5.75 Å². The van der Waals surface area contributed by atoms with E-state index in [1.54, 1.807) is 12.1 Å². The maximum atomic E-state index is 12.3. The highest BCUT2D eigenvalue weighted by Crippen LogP contribution is 2.27. The van der Waals surface area contributed by atoms with Gasteiger partial charge in [-0.05, 0) is 49.4 Å². The molecule has 2 rings (SSSR count). The normalized spacial score (nSPS) is 12.5. The van der Waals surface area contributed by atoms with Gasteiger partial charge >= 0.3 is 0 Å². The van der Waals surface area contributed by atoms with Crippen molar-refractivity contribution in [3.05, 3.63) is 52.5 Å². The summed E-state index contributed by atoms with van der Waals surface area (Å²) in [4.78, 5) is 12.2. The Morgan fingerprint density at radius 1 is 1.12 bits per heavy atom. The third-order valence-corrected chi connectivity index (χ3v) is 5.37. The van der Waals surface area contributed by atoms with Gasteiger partial charge in [0.2, 0.25) is 15.9 Å². The van der Waals surface area contributed by atoms with Crippen LogP contribution in [0.2, 0.25) is 10.0 Å². The number of methoxy groups -OCH3 is 1. The van der Waals surface area contributed by atoms with Crippen LogP contribution in [0, 0.1) is 0 Å². The van der Waals surface area contributed by atoms with E-state index < -0.39 is 22.0 Å². The van der Waals surface area contributed by atoms with E-state index in [1.807, 2.05) is 0 Å². The molecule has 2 N–H and O–H groups in total. The van der Waals surface area contributed by atoms with Gasteiger partial charge in [-0.1, -0.05) is 23.2 Å². The largest absolute Gasteiger partial charge is 0.495 e. The number of nitrogens with one attached hydrogen (secondary N) is 2. The number of sulfonamides is 1. The molecule has 0 fully saturated rings. The highest BCUT2D eigenvalue weighted by Gasteiger charge is 2.22. The Balaban J connectivity index is 2.07. The Hall–Kier alpha value is -1.80. The number of ether oxygens (including phenoxy) is 1. The quantitative estimate of drug-likeness (QED) is 0.775. The molecule has 1 atom stereocenters. The van der Waals surface area contributed by atoms with Gasteiger partial charge in [-0.2, -0.15) is 4.72 Å². The molecule has 0 bridgehead atoms. The lowest BCUT2D eigenvalue weighted by molar-refractivity contribution is -0.117. The van der Waals surface area contributed by atoms with Gasteiger partial charge in [0.05, 0.1) is 23.1 Å². The first kappa shape index (κ1) is 19.5. The number of anilines is 1. The Morgan fingerprint density at radius 2 is 1.76 bits per heavy atom. The standard InChI is InChI=1S/C16H16Cl2N2O4S/c1-10(20-25(22,23)13-6-3-11(17)4-7-13)16(21)19-12-5-8-15(24-2)14(18)9-12/h3-10,20H,1-2H3,(H,19,21)/t10-/m0/s1. The molecule has 0 radical (unpaired) electrons. The van der Waals surface area contributed by atoms with E-state index in [2.05, 4.69) is 10.0 Å². The van der Waals surface area contributed by atoms with Crippen molar-refractivity contribution in [2.75, 3.05) is 12.4 Å². The third-order valence-electron chi connectivity index (χ3n) is 3.27. The van der Waals surface area contributed by atoms with Crippen molar-refractivity contribution < 1.29 is 17.9 Å². The summed E-state index contributed by atoms with van der Waals surface area (Å²) in [5.41, 5.74) is 0.424. The number of rotatable bonds is 6. The highest BCUT2D eigenvalue weighted by molar-refractivity contribution is 7.89. The summed E-state index contributed by atoms with van der Waals surface area (Å²) in [5.74, 6) is -0.0603. The third kappa shape index (κ3) is 5.09. The van der Waals surface area contributed by atoms with Crippen molar-refractivity contribution in [1.29, 1.82) is 0 Å². The Labute approximate surface area is 156 Å². The molecule has 1 amide bonds. The van der Waals surface area contributed by atoms with E-state index >= 15 is 0 Å². The molecule has 0 heterocycles. The van der Waals surface area contributed by atoms with E-state index in [0.717, 1.165) is 0 Å². The second-order valence-electron chi connectivity index (χ2n) is 5.14. The SMILES string of the molecule is COc1ccc(NC(=O)[C@H](C)NS(=O)(=O)c2ccc(Cl)cc2)cc1Cl. The summed E-state index contributed by atoms with van der Waals surface area (Å²) < 4.78 is 31.9. The Kier molecular flexibility index (Phi) is 6.29. The van der Waals surface area contributed by atoms with Crippen LogP contribution in [0.4, 0.5) is 5.69 Å². The van der Waals surface area contributed by atoms with Crippen molar-refractivity contribution in [2.45, 2.75) is 17.9 Å². The number of halogens is 2. The molecule has 2 aromatic carbocycles. The summed E-state index contributed by atoms with van der Waals surface area (Å²) in [6.07, 6.45) is 0. The second kappa shape index (κ2) is 8.05. The summed E-state index contributed by atoms with van der Waals surface area (Å²) >= 11 is 11.7. The number of hydrogen-bond donors (Lipinski definition) is 2. The van der Waals surface area contributed by atoms with Crippen molar-refractivity contribution in [3.63, 3.8) is 0 Å². The summed E-state index contributed by atoms with van der Waals surface area (Å²) in [5, 5.41) is 3.34. The van der Waals surface area contributed by atoms with Gasteiger partial charge in [-0.15, -0.1) is 0 Å². The first-order valence-corrected chi connectivity index (χ1v) is 9.39. The van der Waals surface area contributed by atoms with Gasteiger partial charge in [-0.25, -0.2) is 8.42 Å². The monoisotopic (exact) mass is 402 g/mol. The van der Waals surface area contributed by atoms with Crippen molar-refractivity contribution in [2.24, 2.45) is 0 Å². The Bertz CT molecular complexity index is 870. The van der Waals surface area contributed by atoms with Crippen molar-refractivity contribution >= 4 is 44.8 Å². The van der Waals surface area contributed by atoms with Gasteiger partial charge in [0.1, 0.15) is 5.75 Å². The zero-order valence-corrected chi connectivity index (χ0v) is 15.7. The van der Waals surface area contributed by atoms with Crippen LogP contribution < -0.4 is 14.8 Å². The average Bonchev–Trinajstić information content (AvgIpc) is 2.55. The van der Waals surface area contributed by atoms with Crippen LogP contribution in [-0.2, 0) is 14.8 Å². The lowest BCUT2D eigenvalue weighted by Gasteiger charge is -2.15. The van der Waals surface area contributed by atoms with E-state index in [-0.39, 0.29) is 4.90 Å². The summed E-state index contributed by atoms with van der Waals surface area (Å²) in [6, 6.07) is 9.35. The lowest BCUT2D eigenvalue weighted by Crippen LogP contribution is -2.41. The van der Waals surface area contributed by atoms with Gasteiger partial charge in [0.15, 0.2) is 0 Å². The first-order valence-electron chi connectivity index (χ1n) is 7.15. The summed E-state index contributed by atoms with van der Waals surface area (Å²) in [7, 11) is -2.37. The maximum Gasteiger partial charge on any atom is 0.242 e. The first-order chi connectivity index (χ1) is 11.7. The molecule has 25 heavy (non-hydrogen) atoms. The van der Waals surface area contributed by atoms with Crippen LogP contribution in [0.5, 0.6) is 5.75 Å². The lowest BCUT2D eigenvalue weighted by atomic mass is 10.2. The Morgan fingerprint density at radius 3 is 2.32 bits per heavy atom. The highest BCUT2D eigenvalue weighted by atomic mass is 35.5. The molecular formula is C16H16Cl2N2O4S. The number of hydrogen-bond acceptors (Lipinski definition) is 4. The fourth-order valence-electron chi connectivity index (χ4n) is 1.96. The van der Waals surface area contributed by atoms with Crippen LogP contribution in [0.3, 0.4) is 0 Å². The predicted molar refractivity (Wildman–Crippen MR) is 97.9 cm³/mol. The molecule has 6 nitrogen and oxygen atoms in total. The topological polar surface area (TPSA) is 84.5 Å². The smallest absolute Gasteiger partial charge is 0.242 e. The fourth-order valence-corrected chi connectivity index (χ4v) is 3.55. The number of amides is 1. The number of carbonyl (C=O) groups is 1. The van der Waals surface area contributed by atoms with Crippen LogP contribution in [0.15, 0.2) is 47.4 Å². The molecule has 134 valence electrons. The molecular weight excluding hydrogens is 387 g/mol. The van der Waals surface area contributed by atoms with E-state index in [9.17, 15) is 13.2 Å². The van der Waals surface area contributed by atoms with Gasteiger partial charge in [0, 0.05) is 10.7 Å². The predicted octanol–water partition coefficient (Wildman–Crippen LogP) is 3.31. The molecule has 0 saturated heterocycles. The zero-order valence-electron chi connectivity index (χ0n) is 13.4. The van der Waals surface area contributed by atoms with Gasteiger partial charge < -0.3 is 10.1 Å². The van der Waals surface area contributed by atoms with E-state index in [1.165, 1.54) is 44.4 Å². The minimum atomic E-state index is -3.85. The van der Waals surface area contributed by atoms with Crippen LogP contribution in [0.25, 0.3) is 0 Å². The minimum absolute atomic E-state index is 0.0176. The van der Waals surface area contributed by atoms with E-state index in [0.29, 0.717) is 21.5 Å². The zero-order chi connectivity index (χ0) is 18.6. The number of carbonyl (C=O) groups excluding carboxylic acids is 1. The molecule has 0 saturated carbocycles. The van der Waals surface area contributed by atoms with Crippen LogP contribution in [-0.4, -0.2) is 27.5 Å². The van der Waals surface area contributed by atoms with Crippen LogP contribution in [0.1, 0.15) is 6.92 Å². The fraction of sp³-hybridized carbons (Fsp3) is 0.188. The molecule has 9 heteroatoms. The van der Waals surface area contributed by atoms with Crippen molar-refractivity contribution in [1.82, 2.24) is 4.72 Å².